The van der Waals surface area contributed by atoms with Gasteiger partial charge in [-0.25, -0.2) is 0 Å². The quantitative estimate of drug-likeness (QED) is 0.649. The zero-order valence-electron chi connectivity index (χ0n) is 18.5. The Morgan fingerprint density at radius 3 is 2.37 bits per heavy atom. The maximum absolute atomic E-state index is 13.2. The van der Waals surface area contributed by atoms with Crippen molar-refractivity contribution < 1.29 is 19.1 Å². The third-order valence-electron chi connectivity index (χ3n) is 5.14. The van der Waals surface area contributed by atoms with E-state index < -0.39 is 6.04 Å². The van der Waals surface area contributed by atoms with Gasteiger partial charge in [-0.05, 0) is 43.0 Å². The molecule has 0 radical (unpaired) electrons. The summed E-state index contributed by atoms with van der Waals surface area (Å²) in [5.41, 5.74) is 3.11. The number of hydrogen-bond acceptors (Lipinski definition) is 4. The smallest absolute Gasteiger partial charge is 0.242 e. The van der Waals surface area contributed by atoms with Crippen LogP contribution in [0.1, 0.15) is 36.5 Å². The molecule has 30 heavy (non-hydrogen) atoms. The molecule has 2 rings (SSSR count). The van der Waals surface area contributed by atoms with Crippen molar-refractivity contribution in [2.24, 2.45) is 0 Å². The fourth-order valence-corrected chi connectivity index (χ4v) is 3.52. The lowest BCUT2D eigenvalue weighted by atomic mass is 10.0. The highest BCUT2D eigenvalue weighted by molar-refractivity contribution is 5.87. The molecule has 1 atom stereocenters. The molecule has 0 saturated carbocycles. The first-order valence-corrected chi connectivity index (χ1v) is 10.2. The van der Waals surface area contributed by atoms with E-state index in [9.17, 15) is 9.59 Å². The van der Waals surface area contributed by atoms with Crippen molar-refractivity contribution in [3.8, 4) is 11.5 Å². The Balaban J connectivity index is 2.20. The van der Waals surface area contributed by atoms with Crippen molar-refractivity contribution in [2.75, 3.05) is 21.3 Å². The monoisotopic (exact) mass is 412 g/mol. The molecule has 1 N–H and O–H groups in total. The van der Waals surface area contributed by atoms with Gasteiger partial charge in [0.05, 0.1) is 14.2 Å². The summed E-state index contributed by atoms with van der Waals surface area (Å²) in [5, 5.41) is 2.69. The van der Waals surface area contributed by atoms with Gasteiger partial charge in [0.15, 0.2) is 11.5 Å². The topological polar surface area (TPSA) is 67.9 Å². The standard InChI is InChI=1S/C24H32N2O4/c1-6-20(24(28)25-3)26(16-19-9-7-8-17(2)14-19)23(27)13-11-18-10-12-21(29-4)22(15-18)30-5/h7-10,12,14-15,20H,6,11,13,16H2,1-5H3,(H,25,28)/t20-/m1/s1. The molecule has 6 heteroatoms. The average Bonchev–Trinajstić information content (AvgIpc) is 2.76. The molecule has 2 aromatic rings. The van der Waals surface area contributed by atoms with E-state index in [-0.39, 0.29) is 11.8 Å². The molecule has 0 heterocycles. The van der Waals surface area contributed by atoms with Crippen molar-refractivity contribution in [3.63, 3.8) is 0 Å². The fraction of sp³-hybridized carbons (Fsp3) is 0.417. The third kappa shape index (κ3) is 5.99. The molecule has 0 aliphatic carbocycles. The zero-order chi connectivity index (χ0) is 22.1. The van der Waals surface area contributed by atoms with E-state index in [0.717, 1.165) is 16.7 Å². The van der Waals surface area contributed by atoms with Crippen LogP contribution in [0.3, 0.4) is 0 Å². The maximum atomic E-state index is 13.2. The molecule has 2 amide bonds. The summed E-state index contributed by atoms with van der Waals surface area (Å²) in [6.07, 6.45) is 1.40. The molecule has 0 fully saturated rings. The highest BCUT2D eigenvalue weighted by Crippen LogP contribution is 2.28. The van der Waals surface area contributed by atoms with Crippen molar-refractivity contribution >= 4 is 11.8 Å². The Bertz CT molecular complexity index is 866. The molecule has 6 nitrogen and oxygen atoms in total. The van der Waals surface area contributed by atoms with Crippen LogP contribution in [0, 0.1) is 6.92 Å². The summed E-state index contributed by atoms with van der Waals surface area (Å²) < 4.78 is 10.6. The van der Waals surface area contributed by atoms with Crippen LogP contribution in [0.5, 0.6) is 11.5 Å². The van der Waals surface area contributed by atoms with Gasteiger partial charge in [0, 0.05) is 20.0 Å². The molecule has 162 valence electrons. The lowest BCUT2D eigenvalue weighted by molar-refractivity contribution is -0.141. The summed E-state index contributed by atoms with van der Waals surface area (Å²) >= 11 is 0. The van der Waals surface area contributed by atoms with Gasteiger partial charge in [-0.15, -0.1) is 0 Å². The second-order valence-electron chi connectivity index (χ2n) is 7.24. The highest BCUT2D eigenvalue weighted by Gasteiger charge is 2.27. The maximum Gasteiger partial charge on any atom is 0.242 e. The lowest BCUT2D eigenvalue weighted by Gasteiger charge is -2.30. The number of nitrogens with zero attached hydrogens (tertiary/aromatic N) is 1. The van der Waals surface area contributed by atoms with E-state index in [1.807, 2.05) is 56.3 Å². The average molecular weight is 413 g/mol. The molecular formula is C24H32N2O4. The number of ether oxygens (including phenoxy) is 2. The van der Waals surface area contributed by atoms with E-state index in [1.54, 1.807) is 26.2 Å². The molecule has 0 aromatic heterocycles. The van der Waals surface area contributed by atoms with E-state index in [2.05, 4.69) is 5.32 Å². The fourth-order valence-electron chi connectivity index (χ4n) is 3.52. The summed E-state index contributed by atoms with van der Waals surface area (Å²) in [6.45, 7) is 4.34. The van der Waals surface area contributed by atoms with Crippen molar-refractivity contribution in [3.05, 3.63) is 59.2 Å². The minimum absolute atomic E-state index is 0.0539. The van der Waals surface area contributed by atoms with Crippen LogP contribution >= 0.6 is 0 Å². The largest absolute Gasteiger partial charge is 0.493 e. The number of methoxy groups -OCH3 is 2. The molecule has 0 spiro atoms. The summed E-state index contributed by atoms with van der Waals surface area (Å²) in [5.74, 6) is 1.08. The number of carbonyl (C=O) groups excluding carboxylic acids is 2. The van der Waals surface area contributed by atoms with Crippen LogP contribution in [0.4, 0.5) is 0 Å². The van der Waals surface area contributed by atoms with Crippen LogP contribution in [0.15, 0.2) is 42.5 Å². The van der Waals surface area contributed by atoms with Crippen molar-refractivity contribution in [1.82, 2.24) is 10.2 Å². The Labute approximate surface area is 179 Å². The van der Waals surface area contributed by atoms with Gasteiger partial charge in [0.25, 0.3) is 0 Å². The van der Waals surface area contributed by atoms with Gasteiger partial charge in [-0.1, -0.05) is 42.8 Å². The van der Waals surface area contributed by atoms with Crippen molar-refractivity contribution in [2.45, 2.75) is 45.7 Å². The number of likely N-dealkylation sites (N-methyl/N-ethyl adjacent to an activating group) is 1. The predicted molar refractivity (Wildman–Crippen MR) is 118 cm³/mol. The molecule has 0 aliphatic rings. The molecule has 2 aromatic carbocycles. The number of benzene rings is 2. The zero-order valence-corrected chi connectivity index (χ0v) is 18.5. The predicted octanol–water partition coefficient (Wildman–Crippen LogP) is 3.50. The van der Waals surface area contributed by atoms with E-state index in [4.69, 9.17) is 9.47 Å². The third-order valence-corrected chi connectivity index (χ3v) is 5.14. The second kappa shape index (κ2) is 11.2. The number of amides is 2. The number of nitrogens with one attached hydrogen (secondary N) is 1. The van der Waals surface area contributed by atoms with E-state index >= 15 is 0 Å². The number of carbonyl (C=O) groups is 2. The highest BCUT2D eigenvalue weighted by atomic mass is 16.5. The summed E-state index contributed by atoms with van der Waals surface area (Å²) in [4.78, 5) is 27.3. The molecular weight excluding hydrogens is 380 g/mol. The van der Waals surface area contributed by atoms with Crippen LogP contribution in [0.2, 0.25) is 0 Å². The molecule has 0 aliphatic heterocycles. The molecule has 0 saturated heterocycles. The second-order valence-corrected chi connectivity index (χ2v) is 7.24. The van der Waals surface area contributed by atoms with Gasteiger partial charge in [-0.2, -0.15) is 0 Å². The number of aryl methyl sites for hydroxylation is 2. The van der Waals surface area contributed by atoms with Gasteiger partial charge in [-0.3, -0.25) is 9.59 Å². The summed E-state index contributed by atoms with van der Waals surface area (Å²) in [7, 11) is 4.78. The summed E-state index contributed by atoms with van der Waals surface area (Å²) in [6, 6.07) is 13.2. The molecule has 0 unspecified atom stereocenters. The number of rotatable bonds is 10. The minimum Gasteiger partial charge on any atom is -0.493 e. The minimum atomic E-state index is -0.506. The van der Waals surface area contributed by atoms with E-state index in [0.29, 0.717) is 37.3 Å². The Morgan fingerprint density at radius 1 is 1.03 bits per heavy atom. The van der Waals surface area contributed by atoms with Gasteiger partial charge in [0.2, 0.25) is 11.8 Å². The first-order chi connectivity index (χ1) is 14.4. The Hall–Kier alpha value is -3.02. The lowest BCUT2D eigenvalue weighted by Crippen LogP contribution is -2.48. The van der Waals surface area contributed by atoms with Crippen LogP contribution in [-0.2, 0) is 22.6 Å². The molecule has 0 bridgehead atoms. The van der Waals surface area contributed by atoms with Crippen molar-refractivity contribution in [1.29, 1.82) is 0 Å². The van der Waals surface area contributed by atoms with Gasteiger partial charge in [0.1, 0.15) is 6.04 Å². The Kier molecular flexibility index (Phi) is 8.71. The Morgan fingerprint density at radius 2 is 1.77 bits per heavy atom. The van der Waals surface area contributed by atoms with Crippen LogP contribution in [-0.4, -0.2) is 44.0 Å². The van der Waals surface area contributed by atoms with Crippen LogP contribution < -0.4 is 14.8 Å². The van der Waals surface area contributed by atoms with Gasteiger partial charge >= 0.3 is 0 Å². The first-order valence-electron chi connectivity index (χ1n) is 10.2. The first kappa shape index (κ1) is 23.3. The van der Waals surface area contributed by atoms with E-state index in [1.165, 1.54) is 0 Å². The van der Waals surface area contributed by atoms with Crippen LogP contribution in [0.25, 0.3) is 0 Å². The SMILES string of the molecule is CC[C@H](C(=O)NC)N(Cc1cccc(C)c1)C(=O)CCc1ccc(OC)c(OC)c1. The van der Waals surface area contributed by atoms with Gasteiger partial charge < -0.3 is 19.7 Å². The number of hydrogen-bond donors (Lipinski definition) is 1. The normalized spacial score (nSPS) is 11.5.